The third-order valence-corrected chi connectivity index (χ3v) is 1.81. The topological polar surface area (TPSA) is 39.4 Å². The Balaban J connectivity index is 2.99. The Labute approximate surface area is 91.2 Å². The molecule has 0 unspecified atom stereocenters. The van der Waals surface area contributed by atoms with Gasteiger partial charge >= 0.3 is 5.97 Å². The van der Waals surface area contributed by atoms with Crippen molar-refractivity contribution in [2.24, 2.45) is 0 Å². The highest BCUT2D eigenvalue weighted by Crippen LogP contribution is 2.25. The second-order valence-electron chi connectivity index (χ2n) is 2.33. The van der Waals surface area contributed by atoms with Crippen molar-refractivity contribution in [3.8, 4) is 0 Å². The first-order chi connectivity index (χ1) is 6.66. The molecule has 5 heteroatoms. The molecule has 0 aliphatic heterocycles. The van der Waals surface area contributed by atoms with E-state index in [1.165, 1.54) is 6.26 Å². The Kier molecular flexibility index (Phi) is 4.04. The maximum absolute atomic E-state index is 11.4. The van der Waals surface area contributed by atoms with Crippen molar-refractivity contribution in [3.05, 3.63) is 28.6 Å². The van der Waals surface area contributed by atoms with E-state index < -0.39 is 5.97 Å². The van der Waals surface area contributed by atoms with Crippen LogP contribution in [-0.4, -0.2) is 12.6 Å². The van der Waals surface area contributed by atoms with Crippen LogP contribution in [0.25, 0.3) is 5.57 Å². The van der Waals surface area contributed by atoms with E-state index in [2.05, 4.69) is 0 Å². The molecule has 0 aliphatic carbocycles. The van der Waals surface area contributed by atoms with Gasteiger partial charge in [-0.05, 0) is 19.1 Å². The van der Waals surface area contributed by atoms with Crippen LogP contribution in [0.3, 0.4) is 0 Å². The molecule has 0 aromatic carbocycles. The zero-order valence-electron chi connectivity index (χ0n) is 7.42. The molecule has 1 heterocycles. The summed E-state index contributed by atoms with van der Waals surface area (Å²) in [6.07, 6.45) is 1.42. The maximum atomic E-state index is 11.4. The number of rotatable bonds is 3. The molecular weight excluding hydrogens is 227 g/mol. The highest BCUT2D eigenvalue weighted by molar-refractivity contribution is 6.61. The predicted molar refractivity (Wildman–Crippen MR) is 54.0 cm³/mol. The van der Waals surface area contributed by atoms with Crippen LogP contribution in [0, 0.1) is 0 Å². The van der Waals surface area contributed by atoms with Crippen LogP contribution >= 0.6 is 23.2 Å². The molecular formula is C9H8Cl2O3. The van der Waals surface area contributed by atoms with E-state index in [0.29, 0.717) is 5.76 Å². The lowest BCUT2D eigenvalue weighted by molar-refractivity contribution is -0.136. The fraction of sp³-hybridized carbons (Fsp3) is 0.222. The van der Waals surface area contributed by atoms with Crippen LogP contribution < -0.4 is 0 Å². The van der Waals surface area contributed by atoms with Gasteiger partial charge in [-0.2, -0.15) is 0 Å². The average molecular weight is 235 g/mol. The SMILES string of the molecule is CCOC(=O)C(=C(Cl)Cl)c1ccco1. The summed E-state index contributed by atoms with van der Waals surface area (Å²) in [6, 6.07) is 3.21. The summed E-state index contributed by atoms with van der Waals surface area (Å²) < 4.78 is 9.59. The smallest absolute Gasteiger partial charge is 0.344 e. The lowest BCUT2D eigenvalue weighted by Gasteiger charge is -2.03. The number of hydrogen-bond acceptors (Lipinski definition) is 3. The van der Waals surface area contributed by atoms with Crippen molar-refractivity contribution in [3.63, 3.8) is 0 Å². The zero-order valence-corrected chi connectivity index (χ0v) is 8.93. The van der Waals surface area contributed by atoms with Gasteiger partial charge < -0.3 is 9.15 Å². The van der Waals surface area contributed by atoms with Crippen LogP contribution in [0.2, 0.25) is 0 Å². The van der Waals surface area contributed by atoms with Crippen molar-refractivity contribution < 1.29 is 13.9 Å². The molecule has 1 aromatic heterocycles. The van der Waals surface area contributed by atoms with E-state index in [9.17, 15) is 4.79 Å². The third-order valence-electron chi connectivity index (χ3n) is 1.44. The number of furan rings is 1. The first-order valence-corrected chi connectivity index (χ1v) is 4.68. The van der Waals surface area contributed by atoms with Crippen molar-refractivity contribution in [1.82, 2.24) is 0 Å². The number of ether oxygens (including phenoxy) is 1. The predicted octanol–water partition coefficient (Wildman–Crippen LogP) is 2.99. The average Bonchev–Trinajstić information content (AvgIpc) is 2.57. The van der Waals surface area contributed by atoms with E-state index in [4.69, 9.17) is 32.4 Å². The Morgan fingerprint density at radius 1 is 1.57 bits per heavy atom. The monoisotopic (exact) mass is 234 g/mol. The van der Waals surface area contributed by atoms with Crippen LogP contribution in [-0.2, 0) is 9.53 Å². The van der Waals surface area contributed by atoms with E-state index in [1.807, 2.05) is 0 Å². The van der Waals surface area contributed by atoms with Crippen molar-refractivity contribution in [1.29, 1.82) is 0 Å². The molecule has 0 N–H and O–H groups in total. The molecule has 0 saturated carbocycles. The van der Waals surface area contributed by atoms with Gasteiger partial charge in [-0.15, -0.1) is 0 Å². The van der Waals surface area contributed by atoms with Crippen LogP contribution in [0.15, 0.2) is 27.3 Å². The summed E-state index contributed by atoms with van der Waals surface area (Å²) in [5.74, 6) is -0.300. The van der Waals surface area contributed by atoms with Crippen molar-refractivity contribution in [2.45, 2.75) is 6.92 Å². The molecule has 14 heavy (non-hydrogen) atoms. The minimum absolute atomic E-state index is 0.0418. The van der Waals surface area contributed by atoms with Gasteiger partial charge in [0, 0.05) is 0 Å². The minimum Gasteiger partial charge on any atom is -0.464 e. The van der Waals surface area contributed by atoms with Gasteiger partial charge in [0.25, 0.3) is 0 Å². The normalized spacial score (nSPS) is 9.64. The Morgan fingerprint density at radius 3 is 2.71 bits per heavy atom. The number of esters is 1. The third kappa shape index (κ3) is 2.53. The number of carbonyl (C=O) groups is 1. The van der Waals surface area contributed by atoms with Gasteiger partial charge in [-0.1, -0.05) is 23.2 Å². The first-order valence-electron chi connectivity index (χ1n) is 3.93. The molecule has 0 radical (unpaired) electrons. The summed E-state index contributed by atoms with van der Waals surface area (Å²) in [7, 11) is 0. The number of carbonyl (C=O) groups excluding carboxylic acids is 1. The van der Waals surface area contributed by atoms with Gasteiger partial charge in [0.2, 0.25) is 0 Å². The van der Waals surface area contributed by atoms with Gasteiger partial charge in [0.05, 0.1) is 12.9 Å². The lowest BCUT2D eigenvalue weighted by atomic mass is 10.2. The van der Waals surface area contributed by atoms with Crippen LogP contribution in [0.5, 0.6) is 0 Å². The fourth-order valence-electron chi connectivity index (χ4n) is 0.895. The Morgan fingerprint density at radius 2 is 2.29 bits per heavy atom. The second kappa shape index (κ2) is 5.08. The molecule has 0 spiro atoms. The molecule has 0 fully saturated rings. The largest absolute Gasteiger partial charge is 0.464 e. The van der Waals surface area contributed by atoms with E-state index >= 15 is 0 Å². The Bertz CT molecular complexity index is 337. The molecule has 1 rings (SSSR count). The number of hydrogen-bond donors (Lipinski definition) is 0. The summed E-state index contributed by atoms with van der Waals surface area (Å²) >= 11 is 11.1. The highest BCUT2D eigenvalue weighted by atomic mass is 35.5. The van der Waals surface area contributed by atoms with Gasteiger partial charge in [-0.3, -0.25) is 0 Å². The van der Waals surface area contributed by atoms with Crippen molar-refractivity contribution >= 4 is 34.7 Å². The molecule has 0 aliphatic rings. The summed E-state index contributed by atoms with van der Waals surface area (Å²) in [5, 5.41) is 0. The van der Waals surface area contributed by atoms with Crippen molar-refractivity contribution in [2.75, 3.05) is 6.61 Å². The van der Waals surface area contributed by atoms with Gasteiger partial charge in [0.15, 0.2) is 0 Å². The maximum Gasteiger partial charge on any atom is 0.344 e. The molecule has 76 valence electrons. The summed E-state index contributed by atoms with van der Waals surface area (Å²) in [6.45, 7) is 1.95. The highest BCUT2D eigenvalue weighted by Gasteiger charge is 2.19. The van der Waals surface area contributed by atoms with Crippen LogP contribution in [0.1, 0.15) is 12.7 Å². The molecule has 0 saturated heterocycles. The molecule has 0 amide bonds. The summed E-state index contributed by atoms with van der Waals surface area (Å²) in [4.78, 5) is 11.4. The van der Waals surface area contributed by atoms with Gasteiger partial charge in [-0.25, -0.2) is 4.79 Å². The summed E-state index contributed by atoms with van der Waals surface area (Å²) in [5.41, 5.74) is 0.0418. The standard InChI is InChI=1S/C9H8Cl2O3/c1-2-13-9(12)7(8(10)11)6-4-3-5-14-6/h3-5H,2H2,1H3. The van der Waals surface area contributed by atoms with E-state index in [1.54, 1.807) is 19.1 Å². The van der Waals surface area contributed by atoms with E-state index in [-0.39, 0.29) is 16.7 Å². The van der Waals surface area contributed by atoms with Gasteiger partial charge in [0.1, 0.15) is 15.8 Å². The molecule has 0 atom stereocenters. The zero-order chi connectivity index (χ0) is 10.6. The van der Waals surface area contributed by atoms with Crippen LogP contribution in [0.4, 0.5) is 0 Å². The quantitative estimate of drug-likeness (QED) is 0.597. The molecule has 3 nitrogen and oxygen atoms in total. The lowest BCUT2D eigenvalue weighted by Crippen LogP contribution is -2.06. The molecule has 1 aromatic rings. The Hall–Kier alpha value is -0.930. The molecule has 0 bridgehead atoms. The fourth-order valence-corrected chi connectivity index (χ4v) is 1.24. The first kappa shape index (κ1) is 11.1. The van der Waals surface area contributed by atoms with E-state index in [0.717, 1.165) is 0 Å². The number of halogens is 2. The second-order valence-corrected chi connectivity index (χ2v) is 3.28. The minimum atomic E-state index is -0.595.